The Balaban J connectivity index is 1.72. The van der Waals surface area contributed by atoms with E-state index in [1.165, 1.54) is 4.90 Å². The predicted octanol–water partition coefficient (Wildman–Crippen LogP) is 6.19. The monoisotopic (exact) mass is 529 g/mol. The zero-order valence-electron chi connectivity index (χ0n) is 21.8. The Hall–Kier alpha value is -5.22. The first kappa shape index (κ1) is 26.4. The van der Waals surface area contributed by atoms with E-state index in [1.807, 2.05) is 19.1 Å². The number of Topliss-reactive ketones (excluding diaryl/α,β-unsaturated/α-hetero) is 1. The first-order valence-corrected chi connectivity index (χ1v) is 12.9. The molecule has 1 aliphatic heterocycles. The highest BCUT2D eigenvalue weighted by Gasteiger charge is 2.57. The molecular weight excluding hydrogens is 502 g/mol. The quantitative estimate of drug-likeness (QED) is 0.289. The number of carboxylic acid groups (broad SMARTS) is 1. The Labute approximate surface area is 232 Å². The molecule has 0 aromatic heterocycles. The molecule has 4 unspecified atom stereocenters. The summed E-state index contributed by atoms with van der Waals surface area (Å²) < 4.78 is 0. The summed E-state index contributed by atoms with van der Waals surface area (Å²) in [5.41, 5.74) is 3.50. The third kappa shape index (κ3) is 5.07. The molecule has 0 aliphatic carbocycles. The molecule has 1 aliphatic rings. The zero-order chi connectivity index (χ0) is 28.2. The van der Waals surface area contributed by atoms with Gasteiger partial charge in [-0.1, -0.05) is 84.9 Å². The second-order valence-corrected chi connectivity index (χ2v) is 9.86. The molecule has 4 aromatic carbocycles. The molecule has 1 fully saturated rings. The highest BCUT2D eigenvalue weighted by molar-refractivity contribution is 6.02. The summed E-state index contributed by atoms with van der Waals surface area (Å²) in [7, 11) is 0. The van der Waals surface area contributed by atoms with Gasteiger partial charge < -0.3 is 15.3 Å². The fraction of sp³-hybridized carbons (Fsp3) is 0.152. The summed E-state index contributed by atoms with van der Waals surface area (Å²) in [5.74, 6) is -3.23. The average Bonchev–Trinajstić information content (AvgIpc) is 3.34. The normalized spacial score (nSPS) is 19.9. The first-order valence-electron chi connectivity index (χ1n) is 12.9. The first-order chi connectivity index (χ1) is 19.4. The van der Waals surface area contributed by atoms with Crippen molar-refractivity contribution in [2.24, 2.45) is 5.92 Å². The zero-order valence-corrected chi connectivity index (χ0v) is 21.8. The highest BCUT2D eigenvalue weighted by Crippen LogP contribution is 2.51. The number of carbonyl (C=O) groups excluding carboxylic acids is 2. The largest absolute Gasteiger partial charge is 0.480 e. The number of amides is 2. The van der Waals surface area contributed by atoms with Crippen molar-refractivity contribution in [2.75, 3.05) is 5.32 Å². The number of aliphatic carboxylic acids is 1. The Bertz CT molecular complexity index is 1580. The van der Waals surface area contributed by atoms with Crippen LogP contribution in [0.3, 0.4) is 0 Å². The van der Waals surface area contributed by atoms with Gasteiger partial charge in [0.2, 0.25) is 0 Å². The topological polar surface area (TPSA) is 110 Å². The van der Waals surface area contributed by atoms with Crippen LogP contribution < -0.4 is 5.32 Å². The molecule has 198 valence electrons. The minimum Gasteiger partial charge on any atom is -0.480 e. The number of carbonyl (C=O) groups is 3. The summed E-state index contributed by atoms with van der Waals surface area (Å²) in [5, 5.41) is 22.8. The van der Waals surface area contributed by atoms with Crippen LogP contribution >= 0.6 is 0 Å². The molecule has 40 heavy (non-hydrogen) atoms. The SMILES string of the molecule is Cc1cccc(NC(=O)N2C(C(=O)O)C(c3ccccc3)C(C(=O)c3ccccc3)C2c2ccc(C#N)cc2)c1. The lowest BCUT2D eigenvalue weighted by atomic mass is 9.76. The maximum Gasteiger partial charge on any atom is 0.327 e. The highest BCUT2D eigenvalue weighted by atomic mass is 16.4. The molecule has 0 saturated carbocycles. The van der Waals surface area contributed by atoms with Gasteiger partial charge in [0.05, 0.1) is 23.6 Å². The van der Waals surface area contributed by atoms with E-state index in [0.717, 1.165) is 5.56 Å². The minimum atomic E-state index is -1.34. The third-order valence-electron chi connectivity index (χ3n) is 7.35. The van der Waals surface area contributed by atoms with Crippen molar-refractivity contribution in [1.82, 2.24) is 4.90 Å². The molecule has 4 atom stereocenters. The third-order valence-corrected chi connectivity index (χ3v) is 7.35. The van der Waals surface area contributed by atoms with Crippen molar-refractivity contribution >= 4 is 23.5 Å². The van der Waals surface area contributed by atoms with Gasteiger partial charge in [0, 0.05) is 17.2 Å². The van der Waals surface area contributed by atoms with Crippen LogP contribution in [0.4, 0.5) is 10.5 Å². The van der Waals surface area contributed by atoms with E-state index in [2.05, 4.69) is 11.4 Å². The summed E-state index contributed by atoms with van der Waals surface area (Å²) >= 11 is 0. The number of nitrogens with zero attached hydrogens (tertiary/aromatic N) is 2. The fourth-order valence-corrected chi connectivity index (χ4v) is 5.64. The number of nitriles is 1. The molecule has 1 heterocycles. The number of anilines is 1. The van der Waals surface area contributed by atoms with Gasteiger partial charge >= 0.3 is 12.0 Å². The number of rotatable bonds is 6. The number of carboxylic acids is 1. The Kier molecular flexibility index (Phi) is 7.43. The van der Waals surface area contributed by atoms with Crippen LogP contribution in [0.25, 0.3) is 0 Å². The summed E-state index contributed by atoms with van der Waals surface area (Å²) in [4.78, 5) is 42.6. The van der Waals surface area contributed by atoms with E-state index in [-0.39, 0.29) is 5.78 Å². The van der Waals surface area contributed by atoms with Gasteiger partial charge in [0.25, 0.3) is 0 Å². The molecule has 5 rings (SSSR count). The van der Waals surface area contributed by atoms with Gasteiger partial charge in [0.15, 0.2) is 5.78 Å². The fourth-order valence-electron chi connectivity index (χ4n) is 5.64. The summed E-state index contributed by atoms with van der Waals surface area (Å²) in [6.07, 6.45) is 0. The van der Waals surface area contributed by atoms with Crippen LogP contribution in [0.2, 0.25) is 0 Å². The van der Waals surface area contributed by atoms with Gasteiger partial charge in [-0.15, -0.1) is 0 Å². The van der Waals surface area contributed by atoms with Gasteiger partial charge in [-0.2, -0.15) is 5.26 Å². The van der Waals surface area contributed by atoms with E-state index < -0.39 is 35.9 Å². The number of hydrogen-bond donors (Lipinski definition) is 2. The summed E-state index contributed by atoms with van der Waals surface area (Å²) in [6.45, 7) is 1.89. The molecule has 7 heteroatoms. The van der Waals surface area contributed by atoms with Crippen molar-refractivity contribution < 1.29 is 19.5 Å². The number of hydrogen-bond acceptors (Lipinski definition) is 4. The van der Waals surface area contributed by atoms with E-state index >= 15 is 0 Å². The second kappa shape index (κ2) is 11.3. The molecule has 0 bridgehead atoms. The van der Waals surface area contributed by atoms with Crippen LogP contribution in [0.5, 0.6) is 0 Å². The lowest BCUT2D eigenvalue weighted by Gasteiger charge is -2.30. The standard InChI is InChI=1S/C33H27N3O4/c1-21-9-8-14-26(19-21)35-33(40)36-29(24-17-15-22(20-34)16-18-24)28(31(37)25-12-6-3-7-13-25)27(30(36)32(38)39)23-10-4-2-5-11-23/h2-19,27-30H,1H3,(H,35,40)(H,38,39). The molecule has 7 nitrogen and oxygen atoms in total. The van der Waals surface area contributed by atoms with Crippen LogP contribution in [0, 0.1) is 24.2 Å². The van der Waals surface area contributed by atoms with Crippen molar-refractivity contribution in [3.05, 3.63) is 137 Å². The van der Waals surface area contributed by atoms with E-state index in [4.69, 9.17) is 0 Å². The van der Waals surface area contributed by atoms with Crippen molar-refractivity contribution in [2.45, 2.75) is 24.9 Å². The van der Waals surface area contributed by atoms with Gasteiger partial charge in [-0.3, -0.25) is 4.79 Å². The Morgan fingerprint density at radius 1 is 0.825 bits per heavy atom. The molecule has 2 N–H and O–H groups in total. The minimum absolute atomic E-state index is 0.263. The van der Waals surface area contributed by atoms with Crippen LogP contribution in [0.15, 0.2) is 109 Å². The van der Waals surface area contributed by atoms with E-state index in [1.54, 1.807) is 97.1 Å². The smallest absolute Gasteiger partial charge is 0.327 e. The van der Waals surface area contributed by atoms with Crippen molar-refractivity contribution in [3.63, 3.8) is 0 Å². The number of aryl methyl sites for hydroxylation is 1. The van der Waals surface area contributed by atoms with Crippen molar-refractivity contribution in [1.29, 1.82) is 5.26 Å². The molecule has 1 saturated heterocycles. The lowest BCUT2D eigenvalue weighted by molar-refractivity contribution is -0.142. The molecule has 4 aromatic rings. The molecule has 0 radical (unpaired) electrons. The van der Waals surface area contributed by atoms with Crippen LogP contribution in [0.1, 0.15) is 44.6 Å². The van der Waals surface area contributed by atoms with Gasteiger partial charge in [0.1, 0.15) is 6.04 Å². The lowest BCUT2D eigenvalue weighted by Crippen LogP contribution is -2.45. The van der Waals surface area contributed by atoms with Crippen LogP contribution in [-0.2, 0) is 4.79 Å². The summed E-state index contributed by atoms with van der Waals surface area (Å²) in [6, 6.07) is 30.7. The number of nitrogens with one attached hydrogen (secondary N) is 1. The van der Waals surface area contributed by atoms with E-state index in [9.17, 15) is 24.8 Å². The molecule has 2 amide bonds. The van der Waals surface area contributed by atoms with Crippen molar-refractivity contribution in [3.8, 4) is 6.07 Å². The van der Waals surface area contributed by atoms with Gasteiger partial charge in [-0.05, 0) is 47.9 Å². The average molecular weight is 530 g/mol. The number of likely N-dealkylation sites (tertiary alicyclic amines) is 1. The number of ketones is 1. The second-order valence-electron chi connectivity index (χ2n) is 9.86. The van der Waals surface area contributed by atoms with E-state index in [0.29, 0.717) is 27.9 Å². The number of urea groups is 1. The maximum atomic E-state index is 14.3. The predicted molar refractivity (Wildman–Crippen MR) is 151 cm³/mol. The Morgan fingerprint density at radius 3 is 2.08 bits per heavy atom. The number of benzene rings is 4. The molecular formula is C33H27N3O4. The molecule has 0 spiro atoms. The Morgan fingerprint density at radius 2 is 1.48 bits per heavy atom. The maximum absolute atomic E-state index is 14.3. The van der Waals surface area contributed by atoms with Gasteiger partial charge in [-0.25, -0.2) is 9.59 Å². The van der Waals surface area contributed by atoms with Crippen LogP contribution in [-0.4, -0.2) is 33.8 Å².